The van der Waals surface area contributed by atoms with Gasteiger partial charge in [-0.3, -0.25) is 0 Å². The van der Waals surface area contributed by atoms with E-state index in [1.165, 1.54) is 0 Å². The molecule has 0 aromatic carbocycles. The van der Waals surface area contributed by atoms with Crippen LogP contribution < -0.4 is 10.6 Å². The summed E-state index contributed by atoms with van der Waals surface area (Å²) in [6.07, 6.45) is 1.98. The van der Waals surface area contributed by atoms with Crippen molar-refractivity contribution in [2.24, 2.45) is 0 Å². The Morgan fingerprint density at radius 1 is 1.46 bits per heavy atom. The maximum atomic E-state index is 10.1. The van der Waals surface area contributed by atoms with Gasteiger partial charge in [-0.2, -0.15) is 0 Å². The topological polar surface area (TPSA) is 44.3 Å². The molecule has 13 heavy (non-hydrogen) atoms. The van der Waals surface area contributed by atoms with Crippen LogP contribution in [0.1, 0.15) is 33.6 Å². The molecular weight excluding hydrogens is 164 g/mol. The zero-order valence-electron chi connectivity index (χ0n) is 8.98. The van der Waals surface area contributed by atoms with E-state index in [4.69, 9.17) is 0 Å². The number of piperidine rings is 1. The van der Waals surface area contributed by atoms with Gasteiger partial charge in [0.25, 0.3) is 0 Å². The van der Waals surface area contributed by atoms with Crippen molar-refractivity contribution in [3.05, 3.63) is 0 Å². The van der Waals surface area contributed by atoms with Crippen LogP contribution >= 0.6 is 0 Å². The van der Waals surface area contributed by atoms with Crippen molar-refractivity contribution in [1.82, 2.24) is 10.6 Å². The summed E-state index contributed by atoms with van der Waals surface area (Å²) >= 11 is 0. The van der Waals surface area contributed by atoms with Crippen molar-refractivity contribution in [3.8, 4) is 0 Å². The van der Waals surface area contributed by atoms with Gasteiger partial charge in [-0.25, -0.2) is 0 Å². The molecule has 0 aromatic rings. The molecule has 1 saturated heterocycles. The van der Waals surface area contributed by atoms with Gasteiger partial charge in [0, 0.05) is 18.6 Å². The predicted octanol–water partition coefficient (Wildman–Crippen LogP) is 0.489. The molecule has 1 aliphatic heterocycles. The van der Waals surface area contributed by atoms with E-state index in [9.17, 15) is 5.11 Å². The van der Waals surface area contributed by atoms with Crippen molar-refractivity contribution in [3.63, 3.8) is 0 Å². The first-order valence-electron chi connectivity index (χ1n) is 5.09. The molecule has 1 rings (SSSR count). The van der Waals surface area contributed by atoms with Crippen molar-refractivity contribution in [2.45, 2.75) is 44.8 Å². The van der Waals surface area contributed by atoms with Gasteiger partial charge in [-0.15, -0.1) is 0 Å². The quantitative estimate of drug-likeness (QED) is 0.588. The number of hydrogen-bond donors (Lipinski definition) is 3. The van der Waals surface area contributed by atoms with Crippen LogP contribution in [0.2, 0.25) is 0 Å². The number of aliphatic hydroxyl groups is 1. The molecule has 0 aromatic heterocycles. The van der Waals surface area contributed by atoms with Crippen LogP contribution in [0.25, 0.3) is 0 Å². The van der Waals surface area contributed by atoms with Crippen LogP contribution in [0, 0.1) is 0 Å². The normalized spacial score (nSPS) is 30.5. The summed E-state index contributed by atoms with van der Waals surface area (Å²) < 4.78 is 0. The van der Waals surface area contributed by atoms with Crippen molar-refractivity contribution >= 4 is 0 Å². The Hall–Kier alpha value is -0.120. The Morgan fingerprint density at radius 3 is 2.62 bits per heavy atom. The summed E-state index contributed by atoms with van der Waals surface area (Å²) in [6, 6.07) is 0. The molecule has 1 atom stereocenters. The second-order valence-corrected chi connectivity index (χ2v) is 5.11. The first kappa shape index (κ1) is 11.0. The average Bonchev–Trinajstić information content (AvgIpc) is 2.02. The largest absolute Gasteiger partial charge is 0.387 e. The fraction of sp³-hybridized carbons (Fsp3) is 1.00. The first-order valence-corrected chi connectivity index (χ1v) is 5.09. The van der Waals surface area contributed by atoms with E-state index in [0.29, 0.717) is 6.54 Å². The molecule has 1 heterocycles. The van der Waals surface area contributed by atoms with Crippen molar-refractivity contribution in [2.75, 3.05) is 19.6 Å². The lowest BCUT2D eigenvalue weighted by Crippen LogP contribution is -2.55. The second kappa shape index (κ2) is 3.95. The lowest BCUT2D eigenvalue weighted by Gasteiger charge is -2.35. The van der Waals surface area contributed by atoms with Gasteiger partial charge in [0.1, 0.15) is 0 Å². The molecule has 3 N–H and O–H groups in total. The molecule has 0 radical (unpaired) electrons. The molecule has 1 aliphatic rings. The Labute approximate surface area is 80.9 Å². The van der Waals surface area contributed by atoms with Crippen LogP contribution in [0.5, 0.6) is 0 Å². The van der Waals surface area contributed by atoms with Gasteiger partial charge in [0.05, 0.1) is 5.60 Å². The summed E-state index contributed by atoms with van der Waals surface area (Å²) in [5.74, 6) is 0. The van der Waals surface area contributed by atoms with E-state index in [2.05, 4.69) is 31.4 Å². The monoisotopic (exact) mass is 186 g/mol. The van der Waals surface area contributed by atoms with Gasteiger partial charge in [-0.05, 0) is 40.2 Å². The van der Waals surface area contributed by atoms with Crippen LogP contribution in [-0.2, 0) is 0 Å². The maximum Gasteiger partial charge on any atom is 0.0895 e. The molecule has 0 aliphatic carbocycles. The van der Waals surface area contributed by atoms with Crippen molar-refractivity contribution < 1.29 is 5.11 Å². The van der Waals surface area contributed by atoms with E-state index < -0.39 is 5.60 Å². The van der Waals surface area contributed by atoms with Gasteiger partial charge in [0.15, 0.2) is 0 Å². The number of nitrogens with one attached hydrogen (secondary N) is 2. The van der Waals surface area contributed by atoms with Gasteiger partial charge in [-0.1, -0.05) is 0 Å². The van der Waals surface area contributed by atoms with Crippen molar-refractivity contribution in [1.29, 1.82) is 0 Å². The molecule has 0 saturated carbocycles. The lowest BCUT2D eigenvalue weighted by atomic mass is 9.93. The molecule has 78 valence electrons. The van der Waals surface area contributed by atoms with Gasteiger partial charge >= 0.3 is 0 Å². The smallest absolute Gasteiger partial charge is 0.0895 e. The Morgan fingerprint density at radius 2 is 2.15 bits per heavy atom. The third kappa shape index (κ3) is 4.07. The number of rotatable bonds is 2. The molecular formula is C10H22N2O. The maximum absolute atomic E-state index is 10.1. The molecule has 0 bridgehead atoms. The first-order chi connectivity index (χ1) is 5.91. The zero-order valence-corrected chi connectivity index (χ0v) is 8.98. The summed E-state index contributed by atoms with van der Waals surface area (Å²) in [6.45, 7) is 8.79. The highest BCUT2D eigenvalue weighted by molar-refractivity contribution is 4.89. The minimum atomic E-state index is -0.536. The summed E-state index contributed by atoms with van der Waals surface area (Å²) in [5.41, 5.74) is -0.446. The minimum absolute atomic E-state index is 0.0905. The summed E-state index contributed by atoms with van der Waals surface area (Å²) in [5, 5.41) is 16.7. The number of β-amino-alcohol motifs (C(OH)–C–C–N with tert-alkyl or cyclic N) is 1. The van der Waals surface area contributed by atoms with E-state index in [0.717, 1.165) is 25.9 Å². The van der Waals surface area contributed by atoms with E-state index >= 15 is 0 Å². The Balaban J connectivity index is 2.33. The van der Waals surface area contributed by atoms with Crippen LogP contribution in [0.3, 0.4) is 0 Å². The summed E-state index contributed by atoms with van der Waals surface area (Å²) in [4.78, 5) is 0. The molecule has 1 unspecified atom stereocenters. The van der Waals surface area contributed by atoms with Crippen LogP contribution in [0.15, 0.2) is 0 Å². The second-order valence-electron chi connectivity index (χ2n) is 5.11. The molecule has 3 nitrogen and oxygen atoms in total. The zero-order chi connectivity index (χ0) is 9.95. The molecule has 1 fully saturated rings. The fourth-order valence-electron chi connectivity index (χ4n) is 1.53. The molecule has 3 heteroatoms. The fourth-order valence-corrected chi connectivity index (χ4v) is 1.53. The third-order valence-electron chi connectivity index (χ3n) is 2.40. The lowest BCUT2D eigenvalue weighted by molar-refractivity contribution is 0.0121. The highest BCUT2D eigenvalue weighted by Gasteiger charge is 2.29. The van der Waals surface area contributed by atoms with E-state index in [1.807, 2.05) is 0 Å². The highest BCUT2D eigenvalue weighted by atomic mass is 16.3. The Kier molecular flexibility index (Phi) is 3.33. The van der Waals surface area contributed by atoms with Crippen LogP contribution in [0.4, 0.5) is 0 Å². The minimum Gasteiger partial charge on any atom is -0.387 e. The summed E-state index contributed by atoms with van der Waals surface area (Å²) in [7, 11) is 0. The third-order valence-corrected chi connectivity index (χ3v) is 2.40. The van der Waals surface area contributed by atoms with E-state index in [1.54, 1.807) is 0 Å². The van der Waals surface area contributed by atoms with Gasteiger partial charge < -0.3 is 15.7 Å². The predicted molar refractivity (Wildman–Crippen MR) is 54.8 cm³/mol. The SMILES string of the molecule is CC(C)(C)NCC1(O)CCCNC1. The van der Waals surface area contributed by atoms with Crippen LogP contribution in [-0.4, -0.2) is 35.9 Å². The standard InChI is InChI=1S/C10H22N2O/c1-9(2,3)12-8-10(13)5-4-6-11-7-10/h11-13H,4-8H2,1-3H3. The highest BCUT2D eigenvalue weighted by Crippen LogP contribution is 2.15. The van der Waals surface area contributed by atoms with Gasteiger partial charge in [0.2, 0.25) is 0 Å². The number of hydrogen-bond acceptors (Lipinski definition) is 3. The average molecular weight is 186 g/mol. The molecule has 0 amide bonds. The van der Waals surface area contributed by atoms with E-state index in [-0.39, 0.29) is 5.54 Å². The molecule has 0 spiro atoms. The Bertz CT molecular complexity index is 157.